The van der Waals surface area contributed by atoms with E-state index in [2.05, 4.69) is 19.9 Å². The van der Waals surface area contributed by atoms with Crippen molar-refractivity contribution in [3.63, 3.8) is 0 Å². The molecule has 1 fully saturated rings. The van der Waals surface area contributed by atoms with Gasteiger partial charge in [-0.05, 0) is 25.5 Å². The van der Waals surface area contributed by atoms with Gasteiger partial charge in [0.25, 0.3) is 5.91 Å². The summed E-state index contributed by atoms with van der Waals surface area (Å²) in [4.78, 5) is 14.1. The van der Waals surface area contributed by atoms with Gasteiger partial charge < -0.3 is 4.90 Å². The zero-order chi connectivity index (χ0) is 10.6. The summed E-state index contributed by atoms with van der Waals surface area (Å²) in [5.74, 6) is 0.202. The first-order valence-electron chi connectivity index (χ1n) is 5.16. The van der Waals surface area contributed by atoms with E-state index in [-0.39, 0.29) is 16.0 Å². The topological polar surface area (TPSA) is 20.3 Å². The van der Waals surface area contributed by atoms with E-state index in [1.165, 1.54) is 5.56 Å². The van der Waals surface area contributed by atoms with E-state index >= 15 is 0 Å². The fourth-order valence-corrected chi connectivity index (χ4v) is 3.82. The molecule has 15 heavy (non-hydrogen) atoms. The highest BCUT2D eigenvalue weighted by atomic mass is 32.2. The van der Waals surface area contributed by atoms with E-state index in [0.717, 1.165) is 12.1 Å². The number of fused-ring (bicyclic) bond motifs is 3. The largest absolute Gasteiger partial charge is 0.321 e. The number of carbonyl (C=O) groups is 1. The summed E-state index contributed by atoms with van der Waals surface area (Å²) >= 11 is 1.89. The highest BCUT2D eigenvalue weighted by Crippen LogP contribution is 2.52. The predicted octanol–water partition coefficient (Wildman–Crippen LogP) is 2.67. The lowest BCUT2D eigenvalue weighted by atomic mass is 10.1. The Kier molecular flexibility index (Phi) is 1.72. The summed E-state index contributed by atoms with van der Waals surface area (Å²) in [6.07, 6.45) is 0. The molecule has 1 atom stereocenters. The molecule has 2 nitrogen and oxygen atoms in total. The van der Waals surface area contributed by atoms with E-state index < -0.39 is 0 Å². The van der Waals surface area contributed by atoms with E-state index in [4.69, 9.17) is 0 Å². The summed E-state index contributed by atoms with van der Waals surface area (Å²) in [6.45, 7) is 5.26. The van der Waals surface area contributed by atoms with Crippen LogP contribution in [-0.2, 0) is 0 Å². The Hall–Kier alpha value is -0.960. The van der Waals surface area contributed by atoms with Crippen molar-refractivity contribution in [2.75, 3.05) is 6.54 Å². The van der Waals surface area contributed by atoms with Gasteiger partial charge in [-0.25, -0.2) is 0 Å². The van der Waals surface area contributed by atoms with Gasteiger partial charge in [-0.2, -0.15) is 0 Å². The van der Waals surface area contributed by atoms with Crippen molar-refractivity contribution < 1.29 is 4.79 Å². The van der Waals surface area contributed by atoms with Crippen molar-refractivity contribution in [1.82, 2.24) is 4.90 Å². The number of benzene rings is 1. The minimum atomic E-state index is 0.188. The number of hydrogen-bond acceptors (Lipinski definition) is 2. The highest BCUT2D eigenvalue weighted by molar-refractivity contribution is 8.01. The Morgan fingerprint density at radius 3 is 2.93 bits per heavy atom. The van der Waals surface area contributed by atoms with Crippen LogP contribution in [0.5, 0.6) is 0 Å². The van der Waals surface area contributed by atoms with Gasteiger partial charge >= 0.3 is 0 Å². The number of rotatable bonds is 0. The Bertz CT molecular complexity index is 441. The molecule has 0 spiro atoms. The first kappa shape index (κ1) is 9.28. The van der Waals surface area contributed by atoms with Crippen LogP contribution in [0, 0.1) is 0 Å². The van der Waals surface area contributed by atoms with Crippen LogP contribution in [0.4, 0.5) is 0 Å². The second-order valence-electron chi connectivity index (χ2n) is 4.75. The van der Waals surface area contributed by atoms with Gasteiger partial charge in [0.15, 0.2) is 0 Å². The van der Waals surface area contributed by atoms with Crippen molar-refractivity contribution in [3.8, 4) is 0 Å². The molecule has 3 heteroatoms. The molecule has 0 unspecified atom stereocenters. The van der Waals surface area contributed by atoms with Gasteiger partial charge in [0.1, 0.15) is 5.37 Å². The highest BCUT2D eigenvalue weighted by Gasteiger charge is 2.47. The number of thioether (sulfide) groups is 1. The molecular weight excluding hydrogens is 206 g/mol. The molecule has 1 aromatic rings. The SMILES string of the molecule is CC1(C)CN2C(=O)c3ccccc3[C@H]2S1. The Labute approximate surface area is 93.7 Å². The maximum absolute atomic E-state index is 12.1. The van der Waals surface area contributed by atoms with Gasteiger partial charge in [0.05, 0.1) is 0 Å². The smallest absolute Gasteiger partial charge is 0.255 e. The molecule has 0 aromatic heterocycles. The van der Waals surface area contributed by atoms with Gasteiger partial charge in [-0.3, -0.25) is 4.79 Å². The van der Waals surface area contributed by atoms with E-state index in [0.29, 0.717) is 0 Å². The van der Waals surface area contributed by atoms with Gasteiger partial charge in [-0.15, -0.1) is 11.8 Å². The molecule has 78 valence electrons. The molecular formula is C12H13NOS. The number of amides is 1. The maximum Gasteiger partial charge on any atom is 0.255 e. The quantitative estimate of drug-likeness (QED) is 0.668. The van der Waals surface area contributed by atoms with Crippen LogP contribution in [0.25, 0.3) is 0 Å². The Balaban J connectivity index is 2.10. The molecule has 0 radical (unpaired) electrons. The fourth-order valence-electron chi connectivity index (χ4n) is 2.37. The summed E-state index contributed by atoms with van der Waals surface area (Å²) in [7, 11) is 0. The minimum Gasteiger partial charge on any atom is -0.321 e. The average molecular weight is 219 g/mol. The van der Waals surface area contributed by atoms with Gasteiger partial charge in [0.2, 0.25) is 0 Å². The molecule has 2 aliphatic heterocycles. The van der Waals surface area contributed by atoms with Crippen molar-refractivity contribution in [1.29, 1.82) is 0 Å². The second-order valence-corrected chi connectivity index (χ2v) is 6.54. The molecule has 0 aliphatic carbocycles. The lowest BCUT2D eigenvalue weighted by molar-refractivity contribution is 0.0779. The van der Waals surface area contributed by atoms with Crippen LogP contribution in [-0.4, -0.2) is 22.1 Å². The maximum atomic E-state index is 12.1. The standard InChI is InChI=1S/C12H13NOS/c1-12(2)7-13-10(14)8-5-3-4-6-9(8)11(13)15-12/h3-6,11H,7H2,1-2H3/t11-/m1/s1. The first-order chi connectivity index (χ1) is 7.08. The lowest BCUT2D eigenvalue weighted by Gasteiger charge is -2.16. The lowest BCUT2D eigenvalue weighted by Crippen LogP contribution is -2.29. The van der Waals surface area contributed by atoms with Gasteiger partial charge in [0, 0.05) is 16.9 Å². The average Bonchev–Trinajstić information content (AvgIpc) is 2.63. The molecule has 0 N–H and O–H groups in total. The fraction of sp³-hybridized carbons (Fsp3) is 0.417. The molecule has 1 aromatic carbocycles. The minimum absolute atomic E-state index is 0.188. The predicted molar refractivity (Wildman–Crippen MR) is 61.9 cm³/mol. The van der Waals surface area contributed by atoms with Crippen LogP contribution < -0.4 is 0 Å². The van der Waals surface area contributed by atoms with Crippen LogP contribution in [0.15, 0.2) is 24.3 Å². The molecule has 1 saturated heterocycles. The third-order valence-corrected chi connectivity index (χ3v) is 4.48. The number of carbonyl (C=O) groups excluding carboxylic acids is 1. The first-order valence-corrected chi connectivity index (χ1v) is 6.04. The molecule has 0 saturated carbocycles. The van der Waals surface area contributed by atoms with Gasteiger partial charge in [-0.1, -0.05) is 18.2 Å². The molecule has 2 heterocycles. The number of hydrogen-bond donors (Lipinski definition) is 0. The monoisotopic (exact) mass is 219 g/mol. The second kappa shape index (κ2) is 2.79. The molecule has 0 bridgehead atoms. The molecule has 2 aliphatic rings. The van der Waals surface area contributed by atoms with Crippen LogP contribution in [0.2, 0.25) is 0 Å². The van der Waals surface area contributed by atoms with E-state index in [1.54, 1.807) is 0 Å². The summed E-state index contributed by atoms with van der Waals surface area (Å²) < 4.78 is 0.188. The molecule has 1 amide bonds. The Morgan fingerprint density at radius 1 is 1.40 bits per heavy atom. The van der Waals surface area contributed by atoms with E-state index in [9.17, 15) is 4.79 Å². The van der Waals surface area contributed by atoms with Crippen molar-refractivity contribution >= 4 is 17.7 Å². The van der Waals surface area contributed by atoms with E-state index in [1.807, 2.05) is 34.9 Å². The Morgan fingerprint density at radius 2 is 2.13 bits per heavy atom. The van der Waals surface area contributed by atoms with Crippen LogP contribution in [0.3, 0.4) is 0 Å². The normalized spacial score (nSPS) is 26.7. The van der Waals surface area contributed by atoms with Crippen molar-refractivity contribution in [2.24, 2.45) is 0 Å². The third kappa shape index (κ3) is 1.22. The summed E-state index contributed by atoms with van der Waals surface area (Å²) in [5.41, 5.74) is 2.09. The zero-order valence-electron chi connectivity index (χ0n) is 8.86. The number of nitrogens with zero attached hydrogens (tertiary/aromatic N) is 1. The third-order valence-electron chi connectivity index (χ3n) is 2.98. The zero-order valence-corrected chi connectivity index (χ0v) is 9.67. The summed E-state index contributed by atoms with van der Waals surface area (Å²) in [5, 5.41) is 0.253. The summed E-state index contributed by atoms with van der Waals surface area (Å²) in [6, 6.07) is 7.96. The van der Waals surface area contributed by atoms with Crippen molar-refractivity contribution in [2.45, 2.75) is 24.0 Å². The van der Waals surface area contributed by atoms with Crippen LogP contribution in [0.1, 0.15) is 35.1 Å². The molecule has 3 rings (SSSR count). The van der Waals surface area contributed by atoms with Crippen molar-refractivity contribution in [3.05, 3.63) is 35.4 Å². The van der Waals surface area contributed by atoms with Crippen LogP contribution >= 0.6 is 11.8 Å².